The molecule has 4 amide bonds. The SMILES string of the molecule is C=CC(=O)N(OCC=O)C(=O)C1CCC(C(=O)N(OCC=O)C(=O)C=C)CC1. The third-order valence-electron chi connectivity index (χ3n) is 4.12. The highest BCUT2D eigenvalue weighted by molar-refractivity contribution is 6.01. The molecule has 28 heavy (non-hydrogen) atoms. The molecule has 0 saturated heterocycles. The van der Waals surface area contributed by atoms with Crippen LogP contribution in [0.1, 0.15) is 25.7 Å². The zero-order valence-corrected chi connectivity index (χ0v) is 15.3. The topological polar surface area (TPSA) is 127 Å². The number of hydrogen-bond acceptors (Lipinski definition) is 8. The largest absolute Gasteiger partial charge is 0.301 e. The number of carbonyl (C=O) groups is 6. The minimum Gasteiger partial charge on any atom is -0.301 e. The number of rotatable bonds is 10. The zero-order chi connectivity index (χ0) is 21.1. The fraction of sp³-hybridized carbons (Fsp3) is 0.444. The summed E-state index contributed by atoms with van der Waals surface area (Å²) in [4.78, 5) is 79.2. The third-order valence-corrected chi connectivity index (χ3v) is 4.12. The molecular weight excluding hydrogens is 372 g/mol. The van der Waals surface area contributed by atoms with Crippen LogP contribution in [0.15, 0.2) is 25.3 Å². The van der Waals surface area contributed by atoms with Crippen molar-refractivity contribution in [3.63, 3.8) is 0 Å². The number of hydrogen-bond donors (Lipinski definition) is 0. The van der Waals surface area contributed by atoms with Crippen molar-refractivity contribution in [1.82, 2.24) is 10.1 Å². The van der Waals surface area contributed by atoms with Crippen LogP contribution in [0, 0.1) is 11.8 Å². The van der Waals surface area contributed by atoms with Gasteiger partial charge in [-0.05, 0) is 37.8 Å². The maximum absolute atomic E-state index is 12.5. The first-order valence-corrected chi connectivity index (χ1v) is 8.55. The molecular formula is C18H22N2O8. The van der Waals surface area contributed by atoms with E-state index in [4.69, 9.17) is 9.68 Å². The lowest BCUT2D eigenvalue weighted by Crippen LogP contribution is -2.44. The Labute approximate surface area is 161 Å². The predicted molar refractivity (Wildman–Crippen MR) is 93.6 cm³/mol. The Kier molecular flexibility index (Phi) is 9.61. The van der Waals surface area contributed by atoms with Gasteiger partial charge in [-0.2, -0.15) is 0 Å². The Bertz CT molecular complexity index is 596. The summed E-state index contributed by atoms with van der Waals surface area (Å²) in [6, 6.07) is 0. The normalized spacial score (nSPS) is 18.4. The molecule has 1 saturated carbocycles. The highest BCUT2D eigenvalue weighted by Crippen LogP contribution is 2.31. The summed E-state index contributed by atoms with van der Waals surface area (Å²) in [5.41, 5.74) is 0. The molecule has 1 aliphatic carbocycles. The molecule has 0 bridgehead atoms. The fourth-order valence-corrected chi connectivity index (χ4v) is 2.77. The summed E-state index contributed by atoms with van der Waals surface area (Å²) in [7, 11) is 0. The summed E-state index contributed by atoms with van der Waals surface area (Å²) in [5, 5.41) is 0.990. The van der Waals surface area contributed by atoms with Crippen LogP contribution in [-0.2, 0) is 38.4 Å². The lowest BCUT2D eigenvalue weighted by Gasteiger charge is -2.31. The second kappa shape index (κ2) is 11.7. The van der Waals surface area contributed by atoms with E-state index in [0.29, 0.717) is 22.7 Å². The zero-order valence-electron chi connectivity index (χ0n) is 15.3. The summed E-state index contributed by atoms with van der Waals surface area (Å²) in [6.07, 6.45) is 3.60. The van der Waals surface area contributed by atoms with Crippen molar-refractivity contribution >= 4 is 36.2 Å². The van der Waals surface area contributed by atoms with Crippen LogP contribution in [0.4, 0.5) is 0 Å². The molecule has 0 atom stereocenters. The van der Waals surface area contributed by atoms with Crippen molar-refractivity contribution in [3.05, 3.63) is 25.3 Å². The van der Waals surface area contributed by atoms with Gasteiger partial charge in [-0.3, -0.25) is 28.9 Å². The molecule has 1 fully saturated rings. The maximum atomic E-state index is 12.5. The van der Waals surface area contributed by atoms with Gasteiger partial charge in [0.15, 0.2) is 0 Å². The van der Waals surface area contributed by atoms with Crippen LogP contribution in [0.2, 0.25) is 0 Å². The average Bonchev–Trinajstić information content (AvgIpc) is 2.73. The Hall–Kier alpha value is -2.98. The van der Waals surface area contributed by atoms with Gasteiger partial charge in [0.25, 0.3) is 23.6 Å². The van der Waals surface area contributed by atoms with Gasteiger partial charge >= 0.3 is 0 Å². The van der Waals surface area contributed by atoms with Gasteiger partial charge in [-0.15, -0.1) is 10.1 Å². The van der Waals surface area contributed by atoms with Crippen molar-refractivity contribution in [2.24, 2.45) is 11.8 Å². The van der Waals surface area contributed by atoms with E-state index in [1.54, 1.807) is 0 Å². The molecule has 0 unspecified atom stereocenters. The van der Waals surface area contributed by atoms with Crippen LogP contribution in [0.5, 0.6) is 0 Å². The summed E-state index contributed by atoms with van der Waals surface area (Å²) in [6.45, 7) is 5.63. The molecule has 0 aromatic carbocycles. The van der Waals surface area contributed by atoms with Crippen LogP contribution in [0.3, 0.4) is 0 Å². The van der Waals surface area contributed by atoms with Gasteiger partial charge in [-0.25, -0.2) is 0 Å². The van der Waals surface area contributed by atoms with Crippen molar-refractivity contribution in [2.45, 2.75) is 25.7 Å². The molecule has 0 aromatic heterocycles. The molecule has 0 heterocycles. The summed E-state index contributed by atoms with van der Waals surface area (Å²) >= 11 is 0. The minimum atomic E-state index is -0.796. The number of imide groups is 2. The maximum Gasteiger partial charge on any atom is 0.276 e. The molecule has 1 rings (SSSR count). The highest BCUT2D eigenvalue weighted by Gasteiger charge is 2.37. The molecule has 0 aromatic rings. The highest BCUT2D eigenvalue weighted by atomic mass is 16.7. The molecule has 1 aliphatic rings. The van der Waals surface area contributed by atoms with E-state index in [2.05, 4.69) is 13.2 Å². The van der Waals surface area contributed by atoms with Crippen molar-refractivity contribution in [2.75, 3.05) is 13.2 Å². The number of aldehydes is 2. The summed E-state index contributed by atoms with van der Waals surface area (Å²) in [5.74, 6) is -4.05. The van der Waals surface area contributed by atoms with Gasteiger partial charge in [-0.1, -0.05) is 13.2 Å². The van der Waals surface area contributed by atoms with Gasteiger partial charge < -0.3 is 9.59 Å². The van der Waals surface area contributed by atoms with Gasteiger partial charge in [0.05, 0.1) is 0 Å². The Morgan fingerprint density at radius 3 is 1.32 bits per heavy atom. The van der Waals surface area contributed by atoms with Crippen LogP contribution in [-0.4, -0.2) is 59.5 Å². The van der Waals surface area contributed by atoms with Gasteiger partial charge in [0.1, 0.15) is 25.8 Å². The number of amides is 4. The smallest absolute Gasteiger partial charge is 0.276 e. The second-order valence-electron chi connectivity index (χ2n) is 5.82. The molecule has 10 nitrogen and oxygen atoms in total. The number of nitrogens with zero attached hydrogens (tertiary/aromatic N) is 2. The first kappa shape index (κ1) is 23.1. The standard InChI is InChI=1S/C18H22N2O8/c1-3-15(23)19(27-11-9-21)17(25)13-5-7-14(8-6-13)18(26)20(16(24)4-2)28-12-10-22/h3-4,9-10,13-14H,1-2,5-8,11-12H2. The lowest BCUT2D eigenvalue weighted by atomic mass is 9.81. The minimum absolute atomic E-state index is 0.254. The molecule has 152 valence electrons. The van der Waals surface area contributed by atoms with E-state index in [9.17, 15) is 28.8 Å². The first-order chi connectivity index (χ1) is 13.4. The van der Waals surface area contributed by atoms with Crippen LogP contribution >= 0.6 is 0 Å². The molecule has 10 heteroatoms. The quantitative estimate of drug-likeness (QED) is 0.291. The van der Waals surface area contributed by atoms with Crippen molar-refractivity contribution in [1.29, 1.82) is 0 Å². The average molecular weight is 394 g/mol. The Balaban J connectivity index is 2.76. The molecule has 0 aliphatic heterocycles. The van der Waals surface area contributed by atoms with Gasteiger partial charge in [0.2, 0.25) is 0 Å². The van der Waals surface area contributed by atoms with E-state index < -0.39 is 48.7 Å². The lowest BCUT2D eigenvalue weighted by molar-refractivity contribution is -0.198. The van der Waals surface area contributed by atoms with Crippen LogP contribution in [0.25, 0.3) is 0 Å². The van der Waals surface area contributed by atoms with E-state index >= 15 is 0 Å². The third kappa shape index (κ3) is 6.03. The monoisotopic (exact) mass is 394 g/mol. The first-order valence-electron chi connectivity index (χ1n) is 8.55. The number of carbonyl (C=O) groups excluding carboxylic acids is 6. The van der Waals surface area contributed by atoms with Crippen molar-refractivity contribution < 1.29 is 38.4 Å². The number of hydroxylamine groups is 4. The van der Waals surface area contributed by atoms with E-state index in [1.165, 1.54) is 0 Å². The molecule has 0 spiro atoms. The predicted octanol–water partition coefficient (Wildman–Crippen LogP) is 0.136. The van der Waals surface area contributed by atoms with Crippen LogP contribution < -0.4 is 0 Å². The second-order valence-corrected chi connectivity index (χ2v) is 5.82. The van der Waals surface area contributed by atoms with E-state index in [1.807, 2.05) is 0 Å². The van der Waals surface area contributed by atoms with E-state index in [0.717, 1.165) is 12.2 Å². The Morgan fingerprint density at radius 2 is 1.07 bits per heavy atom. The van der Waals surface area contributed by atoms with Crippen molar-refractivity contribution in [3.8, 4) is 0 Å². The fourth-order valence-electron chi connectivity index (χ4n) is 2.77. The van der Waals surface area contributed by atoms with Gasteiger partial charge in [0, 0.05) is 11.8 Å². The Morgan fingerprint density at radius 1 is 0.750 bits per heavy atom. The van der Waals surface area contributed by atoms with E-state index in [-0.39, 0.29) is 25.7 Å². The summed E-state index contributed by atoms with van der Waals surface area (Å²) < 4.78 is 0. The molecule has 0 radical (unpaired) electrons. The molecule has 0 N–H and O–H groups in total.